The third-order valence-corrected chi connectivity index (χ3v) is 3.71. The van der Waals surface area contributed by atoms with Crippen molar-refractivity contribution in [1.29, 1.82) is 0 Å². The van der Waals surface area contributed by atoms with E-state index in [9.17, 15) is 4.79 Å². The van der Waals surface area contributed by atoms with E-state index in [1.54, 1.807) is 13.1 Å². The molecule has 2 aromatic rings. The zero-order valence-electron chi connectivity index (χ0n) is 11.5. The molecule has 0 saturated carbocycles. The molecule has 0 aromatic carbocycles. The maximum absolute atomic E-state index is 12.0. The van der Waals surface area contributed by atoms with Gasteiger partial charge in [-0.05, 0) is 25.5 Å². The number of anilines is 1. The van der Waals surface area contributed by atoms with Crippen LogP contribution in [0, 0.1) is 0 Å². The molecule has 0 amide bonds. The van der Waals surface area contributed by atoms with Crippen LogP contribution in [0.2, 0.25) is 0 Å². The fourth-order valence-electron chi connectivity index (χ4n) is 2.65. The van der Waals surface area contributed by atoms with Gasteiger partial charge in [-0.3, -0.25) is 0 Å². The molecule has 20 heavy (non-hydrogen) atoms. The van der Waals surface area contributed by atoms with Crippen LogP contribution in [-0.4, -0.2) is 40.6 Å². The Morgan fingerprint density at radius 1 is 1.55 bits per heavy atom. The SMILES string of the molecule is CCOC(=O)C1(N)CCN(c2nccn3cccc23)C1. The molecule has 2 aromatic heterocycles. The van der Waals surface area contributed by atoms with Crippen molar-refractivity contribution >= 4 is 17.3 Å². The minimum Gasteiger partial charge on any atom is -0.465 e. The second-order valence-corrected chi connectivity index (χ2v) is 5.10. The van der Waals surface area contributed by atoms with E-state index in [1.165, 1.54) is 0 Å². The summed E-state index contributed by atoms with van der Waals surface area (Å²) in [4.78, 5) is 18.4. The standard InChI is InChI=1S/C14H18N4O2/c1-2-20-13(19)14(15)5-8-18(10-14)12-11-4-3-7-17(11)9-6-16-12/h3-4,6-7,9H,2,5,8,10,15H2,1H3. The van der Waals surface area contributed by atoms with Crippen LogP contribution < -0.4 is 10.6 Å². The predicted molar refractivity (Wildman–Crippen MR) is 75.6 cm³/mol. The number of aromatic nitrogens is 2. The largest absolute Gasteiger partial charge is 0.465 e. The summed E-state index contributed by atoms with van der Waals surface area (Å²) in [6.07, 6.45) is 6.20. The molecule has 0 spiro atoms. The van der Waals surface area contributed by atoms with Gasteiger partial charge in [-0.15, -0.1) is 0 Å². The van der Waals surface area contributed by atoms with Gasteiger partial charge in [0.1, 0.15) is 5.54 Å². The number of carbonyl (C=O) groups excluding carboxylic acids is 1. The molecular formula is C14H18N4O2. The summed E-state index contributed by atoms with van der Waals surface area (Å²) in [6.45, 7) is 3.28. The molecule has 106 valence electrons. The third kappa shape index (κ3) is 2.02. The van der Waals surface area contributed by atoms with Gasteiger partial charge < -0.3 is 19.8 Å². The number of carbonyl (C=O) groups is 1. The van der Waals surface area contributed by atoms with Gasteiger partial charge in [0.25, 0.3) is 0 Å². The van der Waals surface area contributed by atoms with Crippen LogP contribution in [0.25, 0.3) is 5.52 Å². The zero-order valence-corrected chi connectivity index (χ0v) is 11.5. The lowest BCUT2D eigenvalue weighted by Gasteiger charge is -2.23. The molecule has 1 saturated heterocycles. The summed E-state index contributed by atoms with van der Waals surface area (Å²) in [5.41, 5.74) is 6.27. The summed E-state index contributed by atoms with van der Waals surface area (Å²) in [5.74, 6) is 0.527. The molecule has 3 heterocycles. The predicted octanol–water partition coefficient (Wildman–Crippen LogP) is 0.805. The first kappa shape index (κ1) is 12.9. The van der Waals surface area contributed by atoms with Gasteiger partial charge in [0.15, 0.2) is 5.82 Å². The van der Waals surface area contributed by atoms with Crippen LogP contribution in [-0.2, 0) is 9.53 Å². The molecular weight excluding hydrogens is 256 g/mol. The molecule has 0 bridgehead atoms. The average Bonchev–Trinajstić information content (AvgIpc) is 3.05. The van der Waals surface area contributed by atoms with Crippen molar-refractivity contribution in [2.75, 3.05) is 24.6 Å². The van der Waals surface area contributed by atoms with E-state index < -0.39 is 5.54 Å². The second-order valence-electron chi connectivity index (χ2n) is 5.10. The summed E-state index contributed by atoms with van der Waals surface area (Å²) in [6, 6.07) is 3.97. The van der Waals surface area contributed by atoms with Gasteiger partial charge in [-0.1, -0.05) is 0 Å². The van der Waals surface area contributed by atoms with Crippen molar-refractivity contribution < 1.29 is 9.53 Å². The van der Waals surface area contributed by atoms with E-state index in [1.807, 2.05) is 33.8 Å². The molecule has 1 atom stereocenters. The molecule has 1 aliphatic rings. The summed E-state index contributed by atoms with van der Waals surface area (Å²) < 4.78 is 7.07. The first-order valence-corrected chi connectivity index (χ1v) is 6.77. The molecule has 0 radical (unpaired) electrons. The number of fused-ring (bicyclic) bond motifs is 1. The second kappa shape index (κ2) is 4.79. The van der Waals surface area contributed by atoms with Gasteiger partial charge in [-0.2, -0.15) is 0 Å². The van der Waals surface area contributed by atoms with Gasteiger partial charge in [0.05, 0.1) is 12.1 Å². The van der Waals surface area contributed by atoms with Crippen molar-refractivity contribution in [2.24, 2.45) is 5.73 Å². The van der Waals surface area contributed by atoms with E-state index in [0.717, 1.165) is 11.3 Å². The van der Waals surface area contributed by atoms with Crippen LogP contribution in [0.1, 0.15) is 13.3 Å². The van der Waals surface area contributed by atoms with Gasteiger partial charge in [0.2, 0.25) is 0 Å². The zero-order chi connectivity index (χ0) is 14.2. The minimum absolute atomic E-state index is 0.329. The fourth-order valence-corrected chi connectivity index (χ4v) is 2.65. The molecule has 1 fully saturated rings. The number of rotatable bonds is 3. The highest BCUT2D eigenvalue weighted by atomic mass is 16.5. The molecule has 0 aliphatic carbocycles. The Morgan fingerprint density at radius 3 is 3.20 bits per heavy atom. The Balaban J connectivity index is 1.87. The van der Waals surface area contributed by atoms with Crippen molar-refractivity contribution in [3.8, 4) is 0 Å². The Morgan fingerprint density at radius 2 is 2.40 bits per heavy atom. The lowest BCUT2D eigenvalue weighted by Crippen LogP contribution is -2.51. The van der Waals surface area contributed by atoms with Crippen molar-refractivity contribution in [1.82, 2.24) is 9.38 Å². The third-order valence-electron chi connectivity index (χ3n) is 3.71. The molecule has 3 rings (SSSR count). The Labute approximate surface area is 117 Å². The van der Waals surface area contributed by atoms with E-state index in [2.05, 4.69) is 4.98 Å². The molecule has 6 nitrogen and oxygen atoms in total. The van der Waals surface area contributed by atoms with Crippen LogP contribution in [0.4, 0.5) is 5.82 Å². The number of hydrogen-bond acceptors (Lipinski definition) is 5. The smallest absolute Gasteiger partial charge is 0.328 e. The first-order valence-electron chi connectivity index (χ1n) is 6.77. The van der Waals surface area contributed by atoms with Crippen LogP contribution in [0.5, 0.6) is 0 Å². The van der Waals surface area contributed by atoms with Crippen molar-refractivity contribution in [2.45, 2.75) is 18.9 Å². The number of ether oxygens (including phenoxy) is 1. The maximum atomic E-state index is 12.0. The molecule has 6 heteroatoms. The van der Waals surface area contributed by atoms with Gasteiger partial charge >= 0.3 is 5.97 Å². The normalized spacial score (nSPS) is 22.4. The summed E-state index contributed by atoms with van der Waals surface area (Å²) in [5, 5.41) is 0. The highest BCUT2D eigenvalue weighted by Gasteiger charge is 2.43. The molecule has 2 N–H and O–H groups in total. The molecule has 1 unspecified atom stereocenters. The maximum Gasteiger partial charge on any atom is 0.328 e. The van der Waals surface area contributed by atoms with Crippen LogP contribution in [0.3, 0.4) is 0 Å². The average molecular weight is 274 g/mol. The highest BCUT2D eigenvalue weighted by molar-refractivity contribution is 5.83. The first-order chi connectivity index (χ1) is 9.64. The van der Waals surface area contributed by atoms with Gasteiger partial charge in [-0.25, -0.2) is 9.78 Å². The Bertz CT molecular complexity index is 639. The van der Waals surface area contributed by atoms with E-state index in [0.29, 0.717) is 26.1 Å². The number of nitrogens with two attached hydrogens (primary N) is 1. The summed E-state index contributed by atoms with van der Waals surface area (Å²) >= 11 is 0. The lowest BCUT2D eigenvalue weighted by molar-refractivity contribution is -0.148. The van der Waals surface area contributed by atoms with Crippen molar-refractivity contribution in [3.05, 3.63) is 30.7 Å². The molecule has 1 aliphatic heterocycles. The number of nitrogens with zero attached hydrogens (tertiary/aromatic N) is 3. The Hall–Kier alpha value is -2.08. The van der Waals surface area contributed by atoms with Crippen LogP contribution in [0.15, 0.2) is 30.7 Å². The number of esters is 1. The van der Waals surface area contributed by atoms with Crippen LogP contribution >= 0.6 is 0 Å². The minimum atomic E-state index is -0.933. The topological polar surface area (TPSA) is 72.9 Å². The lowest BCUT2D eigenvalue weighted by atomic mass is 10.0. The van der Waals surface area contributed by atoms with Crippen molar-refractivity contribution in [3.63, 3.8) is 0 Å². The van der Waals surface area contributed by atoms with Gasteiger partial charge in [0, 0.05) is 31.7 Å². The number of hydrogen-bond donors (Lipinski definition) is 1. The van der Waals surface area contributed by atoms with E-state index in [-0.39, 0.29) is 5.97 Å². The highest BCUT2D eigenvalue weighted by Crippen LogP contribution is 2.27. The monoisotopic (exact) mass is 274 g/mol. The Kier molecular flexibility index (Phi) is 3.10. The van der Waals surface area contributed by atoms with E-state index in [4.69, 9.17) is 10.5 Å². The van der Waals surface area contributed by atoms with E-state index >= 15 is 0 Å². The fraction of sp³-hybridized carbons (Fsp3) is 0.429. The quantitative estimate of drug-likeness (QED) is 0.838. The summed E-state index contributed by atoms with van der Waals surface area (Å²) in [7, 11) is 0.